The van der Waals surface area contributed by atoms with Crippen LogP contribution in [0.25, 0.3) is 0 Å². The standard InChI is InChI=1S/C14H21ClN2O2/c1-10(2)5-7-19-8-6-17-14(18)12-4-3-11(16)9-13(12)15/h3-4,9-10H,5-8,16H2,1-2H3,(H,17,18). The van der Waals surface area contributed by atoms with Gasteiger partial charge in [-0.15, -0.1) is 0 Å². The largest absolute Gasteiger partial charge is 0.399 e. The van der Waals surface area contributed by atoms with Crippen LogP contribution in [0.4, 0.5) is 5.69 Å². The number of hydrogen-bond acceptors (Lipinski definition) is 3. The quantitative estimate of drug-likeness (QED) is 0.598. The Morgan fingerprint density at radius 3 is 2.79 bits per heavy atom. The van der Waals surface area contributed by atoms with Crippen LogP contribution in [0.1, 0.15) is 30.6 Å². The summed E-state index contributed by atoms with van der Waals surface area (Å²) < 4.78 is 5.41. The predicted molar refractivity (Wildman–Crippen MR) is 78.5 cm³/mol. The van der Waals surface area contributed by atoms with E-state index in [0.29, 0.717) is 35.3 Å². The molecule has 0 radical (unpaired) electrons. The van der Waals surface area contributed by atoms with Gasteiger partial charge in [0.05, 0.1) is 17.2 Å². The molecule has 4 nitrogen and oxygen atoms in total. The zero-order valence-corrected chi connectivity index (χ0v) is 12.2. The van der Waals surface area contributed by atoms with Crippen LogP contribution in [0, 0.1) is 5.92 Å². The lowest BCUT2D eigenvalue weighted by molar-refractivity contribution is 0.0906. The summed E-state index contributed by atoms with van der Waals surface area (Å²) >= 11 is 5.95. The molecule has 0 heterocycles. The molecule has 0 aromatic heterocycles. The van der Waals surface area contributed by atoms with Crippen molar-refractivity contribution in [3.63, 3.8) is 0 Å². The molecule has 0 saturated carbocycles. The Morgan fingerprint density at radius 1 is 1.42 bits per heavy atom. The number of rotatable bonds is 7. The highest BCUT2D eigenvalue weighted by Crippen LogP contribution is 2.18. The van der Waals surface area contributed by atoms with E-state index in [1.807, 2.05) is 0 Å². The van der Waals surface area contributed by atoms with Crippen molar-refractivity contribution in [1.82, 2.24) is 5.32 Å². The van der Waals surface area contributed by atoms with Crippen molar-refractivity contribution in [2.45, 2.75) is 20.3 Å². The smallest absolute Gasteiger partial charge is 0.252 e. The van der Waals surface area contributed by atoms with Gasteiger partial charge in [-0.2, -0.15) is 0 Å². The fourth-order valence-electron chi connectivity index (χ4n) is 1.47. The molecule has 0 unspecified atom stereocenters. The Kier molecular flexibility index (Phi) is 6.67. The van der Waals surface area contributed by atoms with Gasteiger partial charge in [-0.3, -0.25) is 4.79 Å². The molecule has 19 heavy (non-hydrogen) atoms. The maximum absolute atomic E-state index is 11.8. The van der Waals surface area contributed by atoms with Crippen LogP contribution < -0.4 is 11.1 Å². The van der Waals surface area contributed by atoms with Crippen LogP contribution in [0.5, 0.6) is 0 Å². The van der Waals surface area contributed by atoms with Gasteiger partial charge in [0.2, 0.25) is 0 Å². The van der Waals surface area contributed by atoms with E-state index in [1.54, 1.807) is 18.2 Å². The summed E-state index contributed by atoms with van der Waals surface area (Å²) in [5.41, 5.74) is 6.54. The topological polar surface area (TPSA) is 64.3 Å². The van der Waals surface area contributed by atoms with Gasteiger partial charge in [-0.05, 0) is 30.5 Å². The molecule has 0 fully saturated rings. The molecule has 1 rings (SSSR count). The van der Waals surface area contributed by atoms with Gasteiger partial charge in [-0.1, -0.05) is 25.4 Å². The van der Waals surface area contributed by atoms with Crippen LogP contribution in [-0.4, -0.2) is 25.7 Å². The van der Waals surface area contributed by atoms with Gasteiger partial charge in [-0.25, -0.2) is 0 Å². The van der Waals surface area contributed by atoms with E-state index >= 15 is 0 Å². The van der Waals surface area contributed by atoms with E-state index in [4.69, 9.17) is 22.1 Å². The Morgan fingerprint density at radius 2 is 2.16 bits per heavy atom. The van der Waals surface area contributed by atoms with E-state index < -0.39 is 0 Å². The second-order valence-electron chi connectivity index (χ2n) is 4.79. The zero-order valence-electron chi connectivity index (χ0n) is 11.4. The second kappa shape index (κ2) is 8.02. The van der Waals surface area contributed by atoms with Crippen LogP contribution >= 0.6 is 11.6 Å². The Balaban J connectivity index is 2.28. The SMILES string of the molecule is CC(C)CCOCCNC(=O)c1ccc(N)cc1Cl. The number of carbonyl (C=O) groups is 1. The number of amides is 1. The van der Waals surface area contributed by atoms with Gasteiger partial charge in [0, 0.05) is 18.8 Å². The molecule has 5 heteroatoms. The molecule has 0 bridgehead atoms. The minimum absolute atomic E-state index is 0.211. The number of halogens is 1. The molecule has 1 aromatic carbocycles. The van der Waals surface area contributed by atoms with E-state index in [-0.39, 0.29) is 5.91 Å². The number of nitrogens with one attached hydrogen (secondary N) is 1. The lowest BCUT2D eigenvalue weighted by atomic mass is 10.1. The summed E-state index contributed by atoms with van der Waals surface area (Å²) in [6, 6.07) is 4.84. The summed E-state index contributed by atoms with van der Waals surface area (Å²) in [7, 11) is 0. The Bertz CT molecular complexity index is 422. The Labute approximate surface area is 119 Å². The fraction of sp³-hybridized carbons (Fsp3) is 0.500. The maximum Gasteiger partial charge on any atom is 0.252 e. The maximum atomic E-state index is 11.8. The van der Waals surface area contributed by atoms with E-state index in [0.717, 1.165) is 13.0 Å². The minimum atomic E-state index is -0.211. The summed E-state index contributed by atoms with van der Waals surface area (Å²) in [5, 5.41) is 3.12. The molecule has 0 aliphatic rings. The third kappa shape index (κ3) is 5.94. The molecule has 0 atom stereocenters. The third-order valence-corrected chi connectivity index (χ3v) is 2.92. The third-order valence-electron chi connectivity index (χ3n) is 2.61. The first-order chi connectivity index (χ1) is 9.00. The monoisotopic (exact) mass is 284 g/mol. The number of nitrogens with two attached hydrogens (primary N) is 1. The molecule has 106 valence electrons. The molecule has 1 aromatic rings. The van der Waals surface area contributed by atoms with Crippen LogP contribution in [0.3, 0.4) is 0 Å². The normalized spacial score (nSPS) is 10.7. The van der Waals surface area contributed by atoms with Crippen molar-refractivity contribution >= 4 is 23.2 Å². The summed E-state index contributed by atoms with van der Waals surface area (Å²) in [4.78, 5) is 11.8. The second-order valence-corrected chi connectivity index (χ2v) is 5.20. The zero-order chi connectivity index (χ0) is 14.3. The number of ether oxygens (including phenoxy) is 1. The number of carbonyl (C=O) groups excluding carboxylic acids is 1. The van der Waals surface area contributed by atoms with Crippen molar-refractivity contribution in [2.24, 2.45) is 5.92 Å². The van der Waals surface area contributed by atoms with Crippen molar-refractivity contribution in [1.29, 1.82) is 0 Å². The average Bonchev–Trinajstić information content (AvgIpc) is 2.32. The Hall–Kier alpha value is -1.26. The first-order valence-corrected chi connectivity index (χ1v) is 6.79. The summed E-state index contributed by atoms with van der Waals surface area (Å²) in [5.74, 6) is 0.417. The van der Waals surface area contributed by atoms with Gasteiger partial charge in [0.15, 0.2) is 0 Å². The van der Waals surface area contributed by atoms with Crippen molar-refractivity contribution in [3.8, 4) is 0 Å². The molecule has 0 spiro atoms. The van der Waals surface area contributed by atoms with E-state index in [1.165, 1.54) is 0 Å². The molecule has 1 amide bonds. The highest BCUT2D eigenvalue weighted by atomic mass is 35.5. The van der Waals surface area contributed by atoms with E-state index in [9.17, 15) is 4.79 Å². The first kappa shape index (κ1) is 15.8. The lowest BCUT2D eigenvalue weighted by Crippen LogP contribution is -2.27. The van der Waals surface area contributed by atoms with Gasteiger partial charge in [0.25, 0.3) is 5.91 Å². The lowest BCUT2D eigenvalue weighted by Gasteiger charge is -2.09. The van der Waals surface area contributed by atoms with Crippen molar-refractivity contribution in [3.05, 3.63) is 28.8 Å². The number of hydrogen-bond donors (Lipinski definition) is 2. The van der Waals surface area contributed by atoms with Gasteiger partial charge >= 0.3 is 0 Å². The number of benzene rings is 1. The van der Waals surface area contributed by atoms with Gasteiger partial charge in [0.1, 0.15) is 0 Å². The van der Waals surface area contributed by atoms with E-state index in [2.05, 4.69) is 19.2 Å². The molecular weight excluding hydrogens is 264 g/mol. The van der Waals surface area contributed by atoms with Crippen LogP contribution in [-0.2, 0) is 4.74 Å². The van der Waals surface area contributed by atoms with Crippen LogP contribution in [0.15, 0.2) is 18.2 Å². The van der Waals surface area contributed by atoms with Crippen molar-refractivity contribution < 1.29 is 9.53 Å². The highest BCUT2D eigenvalue weighted by molar-refractivity contribution is 6.34. The average molecular weight is 285 g/mol. The number of anilines is 1. The molecule has 0 aliphatic carbocycles. The van der Waals surface area contributed by atoms with Gasteiger partial charge < -0.3 is 15.8 Å². The van der Waals surface area contributed by atoms with Crippen LogP contribution in [0.2, 0.25) is 5.02 Å². The molecule has 0 aliphatic heterocycles. The molecule has 3 N–H and O–H groups in total. The number of nitrogen functional groups attached to an aromatic ring is 1. The predicted octanol–water partition coefficient (Wildman–Crippen LogP) is 2.71. The molecular formula is C14H21ClN2O2. The van der Waals surface area contributed by atoms with Crippen molar-refractivity contribution in [2.75, 3.05) is 25.5 Å². The minimum Gasteiger partial charge on any atom is -0.399 e. The summed E-state index contributed by atoms with van der Waals surface area (Å²) in [6.45, 7) is 5.99. The first-order valence-electron chi connectivity index (χ1n) is 6.41. The molecule has 0 saturated heterocycles. The highest BCUT2D eigenvalue weighted by Gasteiger charge is 2.09. The summed E-state index contributed by atoms with van der Waals surface area (Å²) in [6.07, 6.45) is 1.03. The fourth-order valence-corrected chi connectivity index (χ4v) is 1.74.